The molecule has 2 N–H and O–H groups in total. The second-order valence-corrected chi connectivity index (χ2v) is 14.3. The quantitative estimate of drug-likeness (QED) is 0.218. The molecule has 2 heterocycles. The SMILES string of the molecule is CCN1CCC[C@@H]1CNC(=O)[C@@H]1CN(C(=O)Nc2ccc(OCc3ccccc3)cc2)CCN1S(=O)(=O)c1ccc(-c2ccccc2)cc1. The number of sulfonamides is 1. The predicted octanol–water partition coefficient (Wildman–Crippen LogP) is 5.44. The topological polar surface area (TPSA) is 111 Å². The third-order valence-electron chi connectivity index (χ3n) is 9.26. The number of carbonyl (C=O) groups is 2. The standard InChI is InChI=1S/C38H43N5O5S/c1-2-41-23-9-14-33(41)26-39-37(44)36-27-42(38(45)40-32-17-19-34(20-18-32)48-28-29-10-5-3-6-11-29)24-25-43(36)49(46,47)35-21-15-31(16-22-35)30-12-7-4-8-13-30/h3-8,10-13,15-22,33,36H,2,9,14,23-28H2,1H3,(H,39,44)(H,40,45)/t33-,36+/m1/s1. The van der Waals surface area contributed by atoms with Gasteiger partial charge in [-0.3, -0.25) is 9.69 Å². The van der Waals surface area contributed by atoms with Crippen LogP contribution in [0.4, 0.5) is 10.5 Å². The number of nitrogens with one attached hydrogen (secondary N) is 2. The van der Waals surface area contributed by atoms with Gasteiger partial charge < -0.3 is 20.3 Å². The van der Waals surface area contributed by atoms with Gasteiger partial charge in [0.25, 0.3) is 0 Å². The number of piperazine rings is 1. The summed E-state index contributed by atoms with van der Waals surface area (Å²) < 4.78 is 35.2. The summed E-state index contributed by atoms with van der Waals surface area (Å²) in [5, 5.41) is 5.92. The first-order chi connectivity index (χ1) is 23.8. The van der Waals surface area contributed by atoms with Crippen molar-refractivity contribution in [3.05, 3.63) is 115 Å². The lowest BCUT2D eigenvalue weighted by molar-refractivity contribution is -0.126. The van der Waals surface area contributed by atoms with Crippen molar-refractivity contribution in [1.82, 2.24) is 19.4 Å². The largest absolute Gasteiger partial charge is 0.489 e. The van der Waals surface area contributed by atoms with Crippen molar-refractivity contribution in [3.63, 3.8) is 0 Å². The highest BCUT2D eigenvalue weighted by atomic mass is 32.2. The Morgan fingerprint density at radius 1 is 0.816 bits per heavy atom. The van der Waals surface area contributed by atoms with Gasteiger partial charge in [-0.1, -0.05) is 79.7 Å². The van der Waals surface area contributed by atoms with Gasteiger partial charge in [-0.05, 0) is 79.0 Å². The van der Waals surface area contributed by atoms with E-state index in [2.05, 4.69) is 22.5 Å². The normalized spacial score (nSPS) is 18.6. The number of likely N-dealkylation sites (N-methyl/N-ethyl adjacent to an activating group) is 1. The molecule has 2 aliphatic heterocycles. The molecule has 0 unspecified atom stereocenters. The molecule has 0 spiro atoms. The van der Waals surface area contributed by atoms with E-state index in [9.17, 15) is 18.0 Å². The number of carbonyl (C=O) groups excluding carboxylic acids is 2. The van der Waals surface area contributed by atoms with Gasteiger partial charge in [-0.15, -0.1) is 0 Å². The van der Waals surface area contributed by atoms with Gasteiger partial charge in [-0.2, -0.15) is 4.31 Å². The zero-order valence-corrected chi connectivity index (χ0v) is 28.5. The van der Waals surface area contributed by atoms with Gasteiger partial charge in [0.05, 0.1) is 4.90 Å². The Labute approximate surface area is 288 Å². The number of anilines is 1. The molecule has 4 aromatic carbocycles. The maximum absolute atomic E-state index is 14.1. The Morgan fingerprint density at radius 3 is 2.18 bits per heavy atom. The number of urea groups is 1. The van der Waals surface area contributed by atoms with Gasteiger partial charge in [0.2, 0.25) is 15.9 Å². The Bertz CT molecular complexity index is 1810. The second-order valence-electron chi connectivity index (χ2n) is 12.4. The highest BCUT2D eigenvalue weighted by molar-refractivity contribution is 7.89. The van der Waals surface area contributed by atoms with Crippen LogP contribution in [-0.2, 0) is 21.4 Å². The van der Waals surface area contributed by atoms with Crippen molar-refractivity contribution in [2.24, 2.45) is 0 Å². The lowest BCUT2D eigenvalue weighted by Gasteiger charge is -2.39. The maximum atomic E-state index is 14.1. The van der Waals surface area contributed by atoms with Crippen LogP contribution in [0.3, 0.4) is 0 Å². The Morgan fingerprint density at radius 2 is 1.49 bits per heavy atom. The summed E-state index contributed by atoms with van der Waals surface area (Å²) >= 11 is 0. The molecule has 256 valence electrons. The number of benzene rings is 4. The average Bonchev–Trinajstić information content (AvgIpc) is 3.62. The van der Waals surface area contributed by atoms with E-state index in [-0.39, 0.29) is 30.6 Å². The molecule has 0 radical (unpaired) electrons. The summed E-state index contributed by atoms with van der Waals surface area (Å²) in [6, 6.07) is 32.1. The molecule has 6 rings (SSSR count). The van der Waals surface area contributed by atoms with E-state index in [0.29, 0.717) is 24.6 Å². The molecule has 0 bridgehead atoms. The van der Waals surface area contributed by atoms with E-state index in [1.165, 1.54) is 9.21 Å². The van der Waals surface area contributed by atoms with Crippen molar-refractivity contribution in [1.29, 1.82) is 0 Å². The molecule has 0 aromatic heterocycles. The van der Waals surface area contributed by atoms with Crippen molar-refractivity contribution >= 4 is 27.6 Å². The molecule has 4 aromatic rings. The smallest absolute Gasteiger partial charge is 0.321 e. The minimum Gasteiger partial charge on any atom is -0.489 e. The minimum absolute atomic E-state index is 0.0228. The summed E-state index contributed by atoms with van der Waals surface area (Å²) in [6.07, 6.45) is 2.03. The molecule has 10 nitrogen and oxygen atoms in total. The molecule has 0 aliphatic carbocycles. The van der Waals surface area contributed by atoms with Crippen LogP contribution in [0.2, 0.25) is 0 Å². The first-order valence-electron chi connectivity index (χ1n) is 16.8. The fourth-order valence-electron chi connectivity index (χ4n) is 6.49. The third-order valence-corrected chi connectivity index (χ3v) is 11.2. The molecule has 3 amide bonds. The number of nitrogens with zero attached hydrogens (tertiary/aromatic N) is 3. The number of rotatable bonds is 11. The summed E-state index contributed by atoms with van der Waals surface area (Å²) in [6.45, 7) is 4.84. The van der Waals surface area contributed by atoms with Gasteiger partial charge in [0, 0.05) is 37.9 Å². The van der Waals surface area contributed by atoms with E-state index >= 15 is 0 Å². The maximum Gasteiger partial charge on any atom is 0.321 e. The molecule has 0 saturated carbocycles. The van der Waals surface area contributed by atoms with E-state index in [4.69, 9.17) is 4.74 Å². The van der Waals surface area contributed by atoms with Gasteiger partial charge in [-0.25, -0.2) is 13.2 Å². The monoisotopic (exact) mass is 681 g/mol. The van der Waals surface area contributed by atoms with Crippen LogP contribution in [0.25, 0.3) is 11.1 Å². The third kappa shape index (κ3) is 8.30. The zero-order valence-electron chi connectivity index (χ0n) is 27.7. The number of likely N-dealkylation sites (tertiary alicyclic amines) is 1. The fourth-order valence-corrected chi connectivity index (χ4v) is 8.06. The molecule has 11 heteroatoms. The second kappa shape index (κ2) is 15.7. The Hall–Kier alpha value is -4.71. The first kappa shape index (κ1) is 34.2. The van der Waals surface area contributed by atoms with E-state index in [1.54, 1.807) is 48.5 Å². The first-order valence-corrected chi connectivity index (χ1v) is 18.3. The molecule has 2 atom stereocenters. The average molecular weight is 682 g/mol. The molecule has 2 fully saturated rings. The summed E-state index contributed by atoms with van der Waals surface area (Å²) in [7, 11) is -4.06. The van der Waals surface area contributed by atoms with E-state index < -0.39 is 28.0 Å². The number of hydrogen-bond acceptors (Lipinski definition) is 6. The van der Waals surface area contributed by atoms with Crippen molar-refractivity contribution in [2.75, 3.05) is 44.6 Å². The Kier molecular flexibility index (Phi) is 10.9. The molecule has 49 heavy (non-hydrogen) atoms. The van der Waals surface area contributed by atoms with Gasteiger partial charge in [0.15, 0.2) is 0 Å². The molecular formula is C38H43N5O5S. The predicted molar refractivity (Wildman–Crippen MR) is 191 cm³/mol. The van der Waals surface area contributed by atoms with Crippen LogP contribution in [0.15, 0.2) is 114 Å². The highest BCUT2D eigenvalue weighted by Crippen LogP contribution is 2.26. The lowest BCUT2D eigenvalue weighted by atomic mass is 10.1. The van der Waals surface area contributed by atoms with Crippen LogP contribution in [0.5, 0.6) is 5.75 Å². The number of hydrogen-bond donors (Lipinski definition) is 2. The Balaban J connectivity index is 1.15. The van der Waals surface area contributed by atoms with Crippen molar-refractivity contribution < 1.29 is 22.7 Å². The van der Waals surface area contributed by atoms with E-state index in [1.807, 2.05) is 60.7 Å². The van der Waals surface area contributed by atoms with E-state index in [0.717, 1.165) is 42.6 Å². The number of amides is 3. The number of ether oxygens (including phenoxy) is 1. The van der Waals surface area contributed by atoms with Crippen LogP contribution >= 0.6 is 0 Å². The minimum atomic E-state index is -4.06. The van der Waals surface area contributed by atoms with Crippen molar-refractivity contribution in [3.8, 4) is 16.9 Å². The van der Waals surface area contributed by atoms with Crippen LogP contribution in [0, 0.1) is 0 Å². The fraction of sp³-hybridized carbons (Fsp3) is 0.316. The van der Waals surface area contributed by atoms with Gasteiger partial charge >= 0.3 is 6.03 Å². The zero-order chi connectivity index (χ0) is 34.2. The summed E-state index contributed by atoms with van der Waals surface area (Å²) in [4.78, 5) is 31.2. The van der Waals surface area contributed by atoms with Crippen molar-refractivity contribution in [2.45, 2.75) is 43.4 Å². The van der Waals surface area contributed by atoms with Crippen LogP contribution < -0.4 is 15.4 Å². The molecular weight excluding hydrogens is 639 g/mol. The highest BCUT2D eigenvalue weighted by Gasteiger charge is 2.41. The van der Waals surface area contributed by atoms with Crippen LogP contribution in [-0.4, -0.2) is 85.8 Å². The summed E-state index contributed by atoms with van der Waals surface area (Å²) in [5.41, 5.74) is 3.48. The molecule has 2 aliphatic rings. The molecule has 2 saturated heterocycles. The van der Waals surface area contributed by atoms with Gasteiger partial charge in [0.1, 0.15) is 18.4 Å². The lowest BCUT2D eigenvalue weighted by Crippen LogP contribution is -2.62. The summed E-state index contributed by atoms with van der Waals surface area (Å²) in [5.74, 6) is 0.253. The van der Waals surface area contributed by atoms with Crippen LogP contribution in [0.1, 0.15) is 25.3 Å².